The van der Waals surface area contributed by atoms with Gasteiger partial charge in [-0.1, -0.05) is 0 Å². The van der Waals surface area contributed by atoms with E-state index in [9.17, 15) is 14.4 Å². The van der Waals surface area contributed by atoms with Crippen molar-refractivity contribution >= 4 is 5.91 Å². The summed E-state index contributed by atoms with van der Waals surface area (Å²) in [6.07, 6.45) is 3.12. The van der Waals surface area contributed by atoms with Crippen LogP contribution in [0.15, 0.2) is 21.9 Å². The van der Waals surface area contributed by atoms with Crippen LogP contribution in [0, 0.1) is 5.41 Å². The first-order valence-electron chi connectivity index (χ1n) is 6.11. The van der Waals surface area contributed by atoms with Gasteiger partial charge in [0.2, 0.25) is 5.91 Å². The number of amides is 1. The third-order valence-electron chi connectivity index (χ3n) is 3.53. The van der Waals surface area contributed by atoms with Crippen LogP contribution in [-0.2, 0) is 18.4 Å². The van der Waals surface area contributed by atoms with Crippen molar-refractivity contribution in [1.82, 2.24) is 14.5 Å². The minimum Gasteiger partial charge on any atom is -0.396 e. The Morgan fingerprint density at radius 2 is 2.16 bits per heavy atom. The van der Waals surface area contributed by atoms with Crippen molar-refractivity contribution in [3.05, 3.63) is 33.1 Å². The van der Waals surface area contributed by atoms with Gasteiger partial charge in [-0.25, -0.2) is 4.79 Å². The summed E-state index contributed by atoms with van der Waals surface area (Å²) in [6, 6.07) is 1.24. The molecule has 1 fully saturated rings. The number of rotatable bonds is 5. The number of aliphatic hydroxyl groups excluding tert-OH is 1. The highest BCUT2D eigenvalue weighted by Crippen LogP contribution is 2.44. The number of nitrogens with one attached hydrogen (secondary N) is 1. The van der Waals surface area contributed by atoms with E-state index >= 15 is 0 Å². The molecule has 0 aromatic carbocycles. The molecule has 0 radical (unpaired) electrons. The lowest BCUT2D eigenvalue weighted by Gasteiger charge is -2.13. The molecule has 7 heteroatoms. The second kappa shape index (κ2) is 5.00. The van der Waals surface area contributed by atoms with Crippen LogP contribution >= 0.6 is 0 Å². The van der Waals surface area contributed by atoms with Gasteiger partial charge in [-0.2, -0.15) is 0 Å². The number of nitrogens with zero attached hydrogens (tertiary/aromatic N) is 2. The summed E-state index contributed by atoms with van der Waals surface area (Å²) in [4.78, 5) is 34.6. The maximum atomic E-state index is 11.7. The Labute approximate surface area is 109 Å². The maximum absolute atomic E-state index is 11.7. The first-order valence-corrected chi connectivity index (χ1v) is 6.11. The van der Waals surface area contributed by atoms with Crippen molar-refractivity contribution in [1.29, 1.82) is 0 Å². The number of carbonyl (C=O) groups is 1. The third-order valence-corrected chi connectivity index (χ3v) is 3.53. The molecular formula is C12H17N3O4. The molecule has 2 N–H and O–H groups in total. The third kappa shape index (κ3) is 2.93. The van der Waals surface area contributed by atoms with Crippen molar-refractivity contribution in [3.63, 3.8) is 0 Å². The molecule has 2 rings (SSSR count). The quantitative estimate of drug-likeness (QED) is 0.674. The fourth-order valence-corrected chi connectivity index (χ4v) is 1.80. The number of aromatic nitrogens is 2. The van der Waals surface area contributed by atoms with Crippen LogP contribution in [0.25, 0.3) is 0 Å². The van der Waals surface area contributed by atoms with Gasteiger partial charge in [0.25, 0.3) is 5.56 Å². The number of hydrogen-bond donors (Lipinski definition) is 2. The van der Waals surface area contributed by atoms with E-state index in [1.807, 2.05) is 0 Å². The molecule has 1 amide bonds. The second-order valence-corrected chi connectivity index (χ2v) is 5.06. The van der Waals surface area contributed by atoms with Gasteiger partial charge in [0.05, 0.1) is 6.61 Å². The largest absolute Gasteiger partial charge is 0.396 e. The summed E-state index contributed by atoms with van der Waals surface area (Å²) in [5, 5.41) is 11.8. The highest BCUT2D eigenvalue weighted by molar-refractivity contribution is 5.75. The Hall–Kier alpha value is -1.89. The first-order chi connectivity index (χ1) is 8.97. The zero-order valence-electron chi connectivity index (χ0n) is 10.8. The van der Waals surface area contributed by atoms with Gasteiger partial charge in [0.15, 0.2) is 0 Å². The Morgan fingerprint density at radius 1 is 1.47 bits per heavy atom. The highest BCUT2D eigenvalue weighted by atomic mass is 16.3. The number of carbonyl (C=O) groups excluding carboxylic acids is 1. The van der Waals surface area contributed by atoms with Gasteiger partial charge >= 0.3 is 5.69 Å². The van der Waals surface area contributed by atoms with Crippen LogP contribution in [0.1, 0.15) is 12.8 Å². The normalized spacial score (nSPS) is 16.1. The molecule has 1 aromatic rings. The van der Waals surface area contributed by atoms with Crippen LogP contribution < -0.4 is 16.6 Å². The van der Waals surface area contributed by atoms with Crippen LogP contribution in [0.5, 0.6) is 0 Å². The molecule has 0 saturated heterocycles. The summed E-state index contributed by atoms with van der Waals surface area (Å²) in [5.41, 5.74) is -1.09. The van der Waals surface area contributed by atoms with E-state index in [-0.39, 0.29) is 24.5 Å². The van der Waals surface area contributed by atoms with Crippen molar-refractivity contribution in [2.75, 3.05) is 13.2 Å². The summed E-state index contributed by atoms with van der Waals surface area (Å²) in [5.74, 6) is -0.305. The average molecular weight is 267 g/mol. The molecule has 0 aliphatic heterocycles. The van der Waals surface area contributed by atoms with Gasteiger partial charge in [0.1, 0.15) is 6.54 Å². The zero-order chi connectivity index (χ0) is 14.0. The van der Waals surface area contributed by atoms with Crippen molar-refractivity contribution in [2.45, 2.75) is 19.4 Å². The van der Waals surface area contributed by atoms with Gasteiger partial charge in [-0.3, -0.25) is 18.7 Å². The van der Waals surface area contributed by atoms with E-state index in [1.54, 1.807) is 0 Å². The molecule has 1 aromatic heterocycles. The minimum absolute atomic E-state index is 0.0626. The molecule has 1 saturated carbocycles. The van der Waals surface area contributed by atoms with Crippen LogP contribution in [0.4, 0.5) is 0 Å². The zero-order valence-corrected chi connectivity index (χ0v) is 10.8. The van der Waals surface area contributed by atoms with Crippen LogP contribution in [0.3, 0.4) is 0 Å². The van der Waals surface area contributed by atoms with Crippen molar-refractivity contribution < 1.29 is 9.90 Å². The maximum Gasteiger partial charge on any atom is 0.331 e. The molecule has 1 heterocycles. The van der Waals surface area contributed by atoms with Crippen LogP contribution in [0.2, 0.25) is 0 Å². The SMILES string of the molecule is Cn1c(=O)ccn(CC(=O)NCC2(CO)CC2)c1=O. The molecule has 19 heavy (non-hydrogen) atoms. The fraction of sp³-hybridized carbons (Fsp3) is 0.583. The Morgan fingerprint density at radius 3 is 2.74 bits per heavy atom. The molecule has 0 unspecified atom stereocenters. The van der Waals surface area contributed by atoms with Gasteiger partial charge in [-0.15, -0.1) is 0 Å². The molecule has 7 nitrogen and oxygen atoms in total. The Balaban J connectivity index is 1.98. The molecule has 1 aliphatic rings. The summed E-state index contributed by atoms with van der Waals surface area (Å²) < 4.78 is 2.12. The highest BCUT2D eigenvalue weighted by Gasteiger charge is 2.41. The average Bonchev–Trinajstić information content (AvgIpc) is 3.18. The van der Waals surface area contributed by atoms with Gasteiger partial charge < -0.3 is 10.4 Å². The Kier molecular flexibility index (Phi) is 3.57. The van der Waals surface area contributed by atoms with Gasteiger partial charge in [-0.05, 0) is 12.8 Å². The molecule has 0 spiro atoms. The van der Waals surface area contributed by atoms with E-state index < -0.39 is 11.2 Å². The van der Waals surface area contributed by atoms with E-state index in [1.165, 1.54) is 23.9 Å². The number of aliphatic hydroxyl groups is 1. The molecule has 104 valence electrons. The lowest BCUT2D eigenvalue weighted by Crippen LogP contribution is -2.41. The molecule has 0 bridgehead atoms. The molecule has 1 aliphatic carbocycles. The number of hydrogen-bond acceptors (Lipinski definition) is 4. The fourth-order valence-electron chi connectivity index (χ4n) is 1.80. The lowest BCUT2D eigenvalue weighted by atomic mass is 10.1. The smallest absolute Gasteiger partial charge is 0.331 e. The topological polar surface area (TPSA) is 93.3 Å². The Bertz CT molecular complexity index is 598. The van der Waals surface area contributed by atoms with Gasteiger partial charge in [0, 0.05) is 31.3 Å². The van der Waals surface area contributed by atoms with Crippen LogP contribution in [-0.4, -0.2) is 33.3 Å². The van der Waals surface area contributed by atoms with E-state index in [2.05, 4.69) is 5.32 Å². The molecule has 0 atom stereocenters. The predicted molar refractivity (Wildman–Crippen MR) is 67.7 cm³/mol. The van der Waals surface area contributed by atoms with Crippen molar-refractivity contribution in [3.8, 4) is 0 Å². The first kappa shape index (κ1) is 13.5. The summed E-state index contributed by atoms with van der Waals surface area (Å²) in [7, 11) is 1.37. The van der Waals surface area contributed by atoms with E-state index in [0.29, 0.717) is 6.54 Å². The van der Waals surface area contributed by atoms with Crippen molar-refractivity contribution in [2.24, 2.45) is 12.5 Å². The van der Waals surface area contributed by atoms with E-state index in [4.69, 9.17) is 5.11 Å². The van der Waals surface area contributed by atoms with E-state index in [0.717, 1.165) is 17.4 Å². The predicted octanol–water partition coefficient (Wildman–Crippen LogP) is -1.56. The minimum atomic E-state index is -0.522. The standard InChI is InChI=1S/C12H17N3O4/c1-14-10(18)2-5-15(11(14)19)6-9(17)13-7-12(8-16)3-4-12/h2,5,16H,3-4,6-8H2,1H3,(H,13,17). The summed E-state index contributed by atoms with van der Waals surface area (Å²) in [6.45, 7) is 0.352. The second-order valence-electron chi connectivity index (χ2n) is 5.06. The monoisotopic (exact) mass is 267 g/mol. The lowest BCUT2D eigenvalue weighted by molar-refractivity contribution is -0.122. The molecular weight excluding hydrogens is 250 g/mol. The summed E-state index contributed by atoms with van der Waals surface area (Å²) >= 11 is 0.